The molecular formula is C15H20N2O2. The Bertz CT molecular complexity index is 483. The molecule has 102 valence electrons. The van der Waals surface area contributed by atoms with E-state index in [2.05, 4.69) is 22.8 Å². The molecule has 0 radical (unpaired) electrons. The van der Waals surface area contributed by atoms with E-state index in [9.17, 15) is 9.90 Å². The van der Waals surface area contributed by atoms with Crippen molar-refractivity contribution in [3.05, 3.63) is 35.4 Å². The van der Waals surface area contributed by atoms with E-state index in [1.54, 1.807) is 0 Å². The molecule has 2 aliphatic rings. The summed E-state index contributed by atoms with van der Waals surface area (Å²) in [6, 6.07) is 8.02. The van der Waals surface area contributed by atoms with Crippen LogP contribution in [-0.2, 0) is 17.8 Å². The Morgan fingerprint density at radius 1 is 1.37 bits per heavy atom. The fourth-order valence-electron chi connectivity index (χ4n) is 2.78. The highest BCUT2D eigenvalue weighted by atomic mass is 16.3. The van der Waals surface area contributed by atoms with Gasteiger partial charge in [-0.25, -0.2) is 0 Å². The predicted octanol–water partition coefficient (Wildman–Crippen LogP) is 0.732. The highest BCUT2D eigenvalue weighted by Gasteiger charge is 2.35. The topological polar surface area (TPSA) is 61.4 Å². The van der Waals surface area contributed by atoms with E-state index < -0.39 is 5.60 Å². The number of carbonyl (C=O) groups excluding carboxylic acids is 1. The van der Waals surface area contributed by atoms with E-state index in [1.165, 1.54) is 11.1 Å². The SMILES string of the molecule is O=C(NCC1(O)CCC1)C1Cc2ccccc2CN1. The lowest BCUT2D eigenvalue weighted by molar-refractivity contribution is -0.125. The fraction of sp³-hybridized carbons (Fsp3) is 0.533. The first kappa shape index (κ1) is 12.6. The molecule has 4 nitrogen and oxygen atoms in total. The predicted molar refractivity (Wildman–Crippen MR) is 72.6 cm³/mol. The third-order valence-corrected chi connectivity index (χ3v) is 4.27. The van der Waals surface area contributed by atoms with Gasteiger partial charge >= 0.3 is 0 Å². The molecule has 1 saturated carbocycles. The van der Waals surface area contributed by atoms with Crippen LogP contribution >= 0.6 is 0 Å². The first-order valence-corrected chi connectivity index (χ1v) is 6.97. The molecule has 0 saturated heterocycles. The summed E-state index contributed by atoms with van der Waals surface area (Å²) in [5.74, 6) is -0.00479. The van der Waals surface area contributed by atoms with Gasteiger partial charge in [-0.15, -0.1) is 0 Å². The van der Waals surface area contributed by atoms with Gasteiger partial charge < -0.3 is 15.7 Å². The summed E-state index contributed by atoms with van der Waals surface area (Å²) in [5, 5.41) is 16.1. The molecule has 0 bridgehead atoms. The van der Waals surface area contributed by atoms with E-state index in [-0.39, 0.29) is 11.9 Å². The number of nitrogens with one attached hydrogen (secondary N) is 2. The Kier molecular flexibility index (Phi) is 3.29. The van der Waals surface area contributed by atoms with Crippen LogP contribution in [0.5, 0.6) is 0 Å². The normalized spacial score (nSPS) is 24.2. The number of hydrogen-bond donors (Lipinski definition) is 3. The molecule has 1 atom stereocenters. The minimum atomic E-state index is -0.651. The molecule has 1 fully saturated rings. The van der Waals surface area contributed by atoms with Crippen molar-refractivity contribution in [3.8, 4) is 0 Å². The van der Waals surface area contributed by atoms with Crippen molar-refractivity contribution in [3.63, 3.8) is 0 Å². The minimum absolute atomic E-state index is 0.00479. The van der Waals surface area contributed by atoms with Gasteiger partial charge in [0.1, 0.15) is 0 Å². The second-order valence-electron chi connectivity index (χ2n) is 5.70. The van der Waals surface area contributed by atoms with Crippen LogP contribution in [0.15, 0.2) is 24.3 Å². The van der Waals surface area contributed by atoms with Gasteiger partial charge in [-0.1, -0.05) is 24.3 Å². The summed E-state index contributed by atoms with van der Waals surface area (Å²) in [6.07, 6.45) is 3.38. The molecule has 19 heavy (non-hydrogen) atoms. The second-order valence-corrected chi connectivity index (χ2v) is 5.70. The maximum atomic E-state index is 12.1. The molecule has 3 rings (SSSR count). The van der Waals surface area contributed by atoms with Crippen LogP contribution in [0.25, 0.3) is 0 Å². The number of hydrogen-bond acceptors (Lipinski definition) is 3. The standard InChI is InChI=1S/C15H20N2O2/c18-14(17-10-15(19)6-3-7-15)13-8-11-4-1-2-5-12(11)9-16-13/h1-2,4-5,13,16,19H,3,6-10H2,(H,17,18). The minimum Gasteiger partial charge on any atom is -0.388 e. The molecule has 0 aromatic heterocycles. The lowest BCUT2D eigenvalue weighted by Gasteiger charge is -2.37. The zero-order valence-electron chi connectivity index (χ0n) is 11.0. The van der Waals surface area contributed by atoms with Crippen molar-refractivity contribution < 1.29 is 9.90 Å². The highest BCUT2D eigenvalue weighted by molar-refractivity contribution is 5.82. The first-order valence-electron chi connectivity index (χ1n) is 6.97. The van der Waals surface area contributed by atoms with Crippen LogP contribution in [0.2, 0.25) is 0 Å². The maximum absolute atomic E-state index is 12.1. The van der Waals surface area contributed by atoms with Gasteiger partial charge in [-0.3, -0.25) is 4.79 Å². The van der Waals surface area contributed by atoms with E-state index in [4.69, 9.17) is 0 Å². The zero-order valence-corrected chi connectivity index (χ0v) is 11.0. The van der Waals surface area contributed by atoms with Crippen molar-refractivity contribution >= 4 is 5.91 Å². The van der Waals surface area contributed by atoms with Crippen LogP contribution in [0, 0.1) is 0 Å². The largest absolute Gasteiger partial charge is 0.388 e. The molecule has 3 N–H and O–H groups in total. The number of rotatable bonds is 3. The molecule has 1 amide bonds. The molecule has 1 unspecified atom stereocenters. The number of benzene rings is 1. The van der Waals surface area contributed by atoms with Gasteiger partial charge in [-0.05, 0) is 36.8 Å². The highest BCUT2D eigenvalue weighted by Crippen LogP contribution is 2.30. The molecule has 0 spiro atoms. The number of fused-ring (bicyclic) bond motifs is 1. The first-order chi connectivity index (χ1) is 9.16. The Morgan fingerprint density at radius 2 is 2.11 bits per heavy atom. The van der Waals surface area contributed by atoms with E-state index in [1.807, 2.05) is 12.1 Å². The molecule has 1 heterocycles. The number of amides is 1. The average Bonchev–Trinajstić information content (AvgIpc) is 2.42. The van der Waals surface area contributed by atoms with Gasteiger partial charge in [0.2, 0.25) is 5.91 Å². The van der Waals surface area contributed by atoms with Crippen molar-refractivity contribution in [1.82, 2.24) is 10.6 Å². The van der Waals surface area contributed by atoms with Crippen LogP contribution in [0.1, 0.15) is 30.4 Å². The second kappa shape index (κ2) is 4.94. The molecule has 1 aromatic rings. The van der Waals surface area contributed by atoms with Crippen LogP contribution in [0.3, 0.4) is 0 Å². The number of carbonyl (C=O) groups is 1. The lowest BCUT2D eigenvalue weighted by atomic mass is 9.80. The molecule has 1 aromatic carbocycles. The Labute approximate surface area is 113 Å². The fourth-order valence-corrected chi connectivity index (χ4v) is 2.78. The van der Waals surface area contributed by atoms with Crippen LogP contribution < -0.4 is 10.6 Å². The van der Waals surface area contributed by atoms with Gasteiger partial charge in [0.25, 0.3) is 0 Å². The Balaban J connectivity index is 1.57. The Morgan fingerprint density at radius 3 is 2.79 bits per heavy atom. The van der Waals surface area contributed by atoms with Gasteiger partial charge in [-0.2, -0.15) is 0 Å². The third-order valence-electron chi connectivity index (χ3n) is 4.27. The molecule has 4 heteroatoms. The summed E-state index contributed by atoms with van der Waals surface area (Å²) in [5.41, 5.74) is 1.86. The maximum Gasteiger partial charge on any atom is 0.237 e. The van der Waals surface area contributed by atoms with E-state index >= 15 is 0 Å². The lowest BCUT2D eigenvalue weighted by Crippen LogP contribution is -2.53. The van der Waals surface area contributed by atoms with Crippen LogP contribution in [0.4, 0.5) is 0 Å². The summed E-state index contributed by atoms with van der Waals surface area (Å²) in [4.78, 5) is 12.1. The summed E-state index contributed by atoms with van der Waals surface area (Å²) < 4.78 is 0. The van der Waals surface area contributed by atoms with Gasteiger partial charge in [0.05, 0.1) is 11.6 Å². The average molecular weight is 260 g/mol. The number of aliphatic hydroxyl groups is 1. The zero-order chi connectivity index (χ0) is 13.3. The molecule has 1 aliphatic heterocycles. The van der Waals surface area contributed by atoms with Crippen molar-refractivity contribution in [2.45, 2.75) is 43.9 Å². The van der Waals surface area contributed by atoms with Crippen LogP contribution in [-0.4, -0.2) is 29.2 Å². The monoisotopic (exact) mass is 260 g/mol. The third kappa shape index (κ3) is 2.65. The Hall–Kier alpha value is -1.39. The van der Waals surface area contributed by atoms with Gasteiger partial charge in [0, 0.05) is 13.1 Å². The summed E-state index contributed by atoms with van der Waals surface area (Å²) in [7, 11) is 0. The smallest absolute Gasteiger partial charge is 0.237 e. The van der Waals surface area contributed by atoms with E-state index in [0.29, 0.717) is 6.54 Å². The van der Waals surface area contributed by atoms with Crippen molar-refractivity contribution in [2.24, 2.45) is 0 Å². The summed E-state index contributed by atoms with van der Waals surface area (Å²) >= 11 is 0. The van der Waals surface area contributed by atoms with Crippen molar-refractivity contribution in [2.75, 3.05) is 6.54 Å². The molecule has 1 aliphatic carbocycles. The van der Waals surface area contributed by atoms with Crippen molar-refractivity contribution in [1.29, 1.82) is 0 Å². The quantitative estimate of drug-likeness (QED) is 0.751. The van der Waals surface area contributed by atoms with E-state index in [0.717, 1.165) is 32.2 Å². The van der Waals surface area contributed by atoms with Gasteiger partial charge in [0.15, 0.2) is 0 Å². The summed E-state index contributed by atoms with van der Waals surface area (Å²) in [6.45, 7) is 1.12. The molecular weight excluding hydrogens is 240 g/mol.